The second-order valence-electron chi connectivity index (χ2n) is 9.76. The molecule has 0 spiro atoms. The molecule has 0 aromatic rings. The molecule has 0 heterocycles. The molecule has 31 heavy (non-hydrogen) atoms. The predicted octanol–water partition coefficient (Wildman–Crippen LogP) is 7.87. The summed E-state index contributed by atoms with van der Waals surface area (Å²) in [5, 5.41) is 19.5. The summed E-state index contributed by atoms with van der Waals surface area (Å²) in [5.41, 5.74) is 0. The Kier molecular flexibility index (Phi) is 25.2. The standard InChI is InChI=1S/C28H56O3/c1-2-3-4-5-6-7-8-9-10-11-12-13-14-15-16-17-18-19-20-21-22-23-24-25-26-27(29)28(30)31/h27,29H,2-26H2,1H3,(H,30,31)/p-1. The first-order valence-corrected chi connectivity index (χ1v) is 14.1. The van der Waals surface area contributed by atoms with E-state index in [4.69, 9.17) is 5.11 Å². The lowest BCUT2D eigenvalue weighted by Gasteiger charge is -2.10. The fraction of sp³-hybridized carbons (Fsp3) is 0.964. The normalized spacial score (nSPS) is 12.3. The number of carboxylic acids is 1. The quantitative estimate of drug-likeness (QED) is 0.139. The van der Waals surface area contributed by atoms with E-state index in [1.54, 1.807) is 0 Å². The number of aliphatic hydroxyl groups excluding tert-OH is 1. The molecule has 3 heteroatoms. The van der Waals surface area contributed by atoms with Crippen LogP contribution >= 0.6 is 0 Å². The maximum absolute atomic E-state index is 10.4. The van der Waals surface area contributed by atoms with Crippen LogP contribution < -0.4 is 5.11 Å². The maximum Gasteiger partial charge on any atom is 0.0933 e. The highest BCUT2D eigenvalue weighted by atomic mass is 16.4. The molecule has 0 radical (unpaired) electrons. The molecule has 1 N–H and O–H groups in total. The van der Waals surface area contributed by atoms with Gasteiger partial charge in [0.05, 0.1) is 12.1 Å². The minimum atomic E-state index is -1.34. The highest BCUT2D eigenvalue weighted by Gasteiger charge is 2.03. The molecule has 0 rings (SSSR count). The number of aliphatic carboxylic acids is 1. The zero-order valence-electron chi connectivity index (χ0n) is 21.0. The summed E-state index contributed by atoms with van der Waals surface area (Å²) in [6.07, 6.45) is 31.6. The van der Waals surface area contributed by atoms with Crippen LogP contribution in [0.5, 0.6) is 0 Å². The Morgan fingerprint density at radius 1 is 0.516 bits per heavy atom. The summed E-state index contributed by atoms with van der Waals surface area (Å²) in [6, 6.07) is 0. The number of aliphatic hydroxyl groups is 1. The van der Waals surface area contributed by atoms with Gasteiger partial charge in [-0.3, -0.25) is 0 Å². The highest BCUT2D eigenvalue weighted by molar-refractivity contribution is 5.69. The number of rotatable bonds is 26. The summed E-state index contributed by atoms with van der Waals surface area (Å²) >= 11 is 0. The molecular weight excluding hydrogens is 384 g/mol. The van der Waals surface area contributed by atoms with Crippen molar-refractivity contribution in [1.29, 1.82) is 0 Å². The molecule has 0 amide bonds. The lowest BCUT2D eigenvalue weighted by molar-refractivity contribution is -0.315. The monoisotopic (exact) mass is 439 g/mol. The van der Waals surface area contributed by atoms with Gasteiger partial charge in [0.25, 0.3) is 0 Å². The van der Waals surface area contributed by atoms with Gasteiger partial charge in [-0.2, -0.15) is 0 Å². The van der Waals surface area contributed by atoms with Gasteiger partial charge < -0.3 is 15.0 Å². The molecule has 1 unspecified atom stereocenters. The zero-order chi connectivity index (χ0) is 22.8. The molecule has 0 aliphatic rings. The fourth-order valence-corrected chi connectivity index (χ4v) is 4.42. The van der Waals surface area contributed by atoms with Crippen molar-refractivity contribution in [3.8, 4) is 0 Å². The molecule has 0 saturated carbocycles. The lowest BCUT2D eigenvalue weighted by atomic mass is 10.0. The van der Waals surface area contributed by atoms with E-state index >= 15 is 0 Å². The van der Waals surface area contributed by atoms with E-state index in [2.05, 4.69) is 6.92 Å². The summed E-state index contributed by atoms with van der Waals surface area (Å²) in [6.45, 7) is 2.29. The van der Waals surface area contributed by atoms with Crippen molar-refractivity contribution >= 4 is 5.97 Å². The van der Waals surface area contributed by atoms with Crippen LogP contribution in [0.3, 0.4) is 0 Å². The Labute approximate surface area is 194 Å². The van der Waals surface area contributed by atoms with E-state index in [1.165, 1.54) is 135 Å². The average Bonchev–Trinajstić information content (AvgIpc) is 2.76. The summed E-state index contributed by atoms with van der Waals surface area (Å²) < 4.78 is 0. The molecule has 0 aliphatic heterocycles. The number of carbonyl (C=O) groups excluding carboxylic acids is 1. The number of hydrogen-bond donors (Lipinski definition) is 1. The van der Waals surface area contributed by atoms with Gasteiger partial charge in [-0.25, -0.2) is 0 Å². The van der Waals surface area contributed by atoms with Crippen molar-refractivity contribution in [3.63, 3.8) is 0 Å². The van der Waals surface area contributed by atoms with E-state index in [0.29, 0.717) is 6.42 Å². The lowest BCUT2D eigenvalue weighted by Crippen LogP contribution is -2.35. The van der Waals surface area contributed by atoms with Gasteiger partial charge in [0, 0.05) is 0 Å². The minimum Gasteiger partial charge on any atom is -0.547 e. The first kappa shape index (κ1) is 30.4. The second kappa shape index (κ2) is 25.7. The minimum absolute atomic E-state index is 0.335. The number of unbranched alkanes of at least 4 members (excludes halogenated alkanes) is 23. The van der Waals surface area contributed by atoms with Gasteiger partial charge in [0.1, 0.15) is 0 Å². The molecule has 186 valence electrons. The molecular formula is C28H55O3-. The Bertz CT molecular complexity index is 356. The topological polar surface area (TPSA) is 60.4 Å². The van der Waals surface area contributed by atoms with Crippen LogP contribution in [-0.4, -0.2) is 17.2 Å². The summed E-state index contributed by atoms with van der Waals surface area (Å²) in [7, 11) is 0. The van der Waals surface area contributed by atoms with Crippen LogP contribution in [0.4, 0.5) is 0 Å². The molecule has 1 atom stereocenters. The molecule has 0 aromatic heterocycles. The van der Waals surface area contributed by atoms with Crippen LogP contribution in [0.15, 0.2) is 0 Å². The fourth-order valence-electron chi connectivity index (χ4n) is 4.42. The molecule has 0 aromatic carbocycles. The molecule has 0 saturated heterocycles. The first-order chi connectivity index (χ1) is 15.2. The van der Waals surface area contributed by atoms with Crippen molar-refractivity contribution in [2.45, 2.75) is 174 Å². The average molecular weight is 440 g/mol. The Balaban J connectivity index is 3.04. The van der Waals surface area contributed by atoms with Gasteiger partial charge in [0.15, 0.2) is 0 Å². The zero-order valence-corrected chi connectivity index (χ0v) is 21.0. The number of carbonyl (C=O) groups is 1. The Hall–Kier alpha value is -0.570. The van der Waals surface area contributed by atoms with Crippen LogP contribution in [0.1, 0.15) is 167 Å². The first-order valence-electron chi connectivity index (χ1n) is 14.1. The number of hydrogen-bond acceptors (Lipinski definition) is 3. The van der Waals surface area contributed by atoms with Gasteiger partial charge in [0.2, 0.25) is 0 Å². The second-order valence-corrected chi connectivity index (χ2v) is 9.76. The summed E-state index contributed by atoms with van der Waals surface area (Å²) in [5.74, 6) is -1.34. The molecule has 0 fully saturated rings. The van der Waals surface area contributed by atoms with Crippen LogP contribution in [0.2, 0.25) is 0 Å². The van der Waals surface area contributed by atoms with Crippen LogP contribution in [0.25, 0.3) is 0 Å². The van der Waals surface area contributed by atoms with Crippen molar-refractivity contribution in [3.05, 3.63) is 0 Å². The van der Waals surface area contributed by atoms with E-state index in [1.807, 2.05) is 0 Å². The largest absolute Gasteiger partial charge is 0.547 e. The molecule has 0 aliphatic carbocycles. The van der Waals surface area contributed by atoms with Gasteiger partial charge in [-0.1, -0.05) is 161 Å². The SMILES string of the molecule is CCCCCCCCCCCCCCCCCCCCCCCCCCC(O)C(=O)[O-]. The van der Waals surface area contributed by atoms with E-state index in [0.717, 1.165) is 19.3 Å². The third-order valence-corrected chi connectivity index (χ3v) is 6.60. The van der Waals surface area contributed by atoms with Crippen LogP contribution in [0, 0.1) is 0 Å². The van der Waals surface area contributed by atoms with Crippen molar-refractivity contribution in [2.24, 2.45) is 0 Å². The third kappa shape index (κ3) is 25.6. The van der Waals surface area contributed by atoms with Gasteiger partial charge in [-0.15, -0.1) is 0 Å². The van der Waals surface area contributed by atoms with E-state index in [9.17, 15) is 9.90 Å². The van der Waals surface area contributed by atoms with Crippen molar-refractivity contribution in [2.75, 3.05) is 0 Å². The summed E-state index contributed by atoms with van der Waals surface area (Å²) in [4.78, 5) is 10.4. The maximum atomic E-state index is 10.4. The molecule has 3 nitrogen and oxygen atoms in total. The van der Waals surface area contributed by atoms with Crippen LogP contribution in [-0.2, 0) is 4.79 Å². The third-order valence-electron chi connectivity index (χ3n) is 6.60. The predicted molar refractivity (Wildman–Crippen MR) is 132 cm³/mol. The van der Waals surface area contributed by atoms with E-state index < -0.39 is 12.1 Å². The number of carboxylic acid groups (broad SMARTS) is 1. The van der Waals surface area contributed by atoms with Crippen molar-refractivity contribution in [1.82, 2.24) is 0 Å². The van der Waals surface area contributed by atoms with Gasteiger partial charge >= 0.3 is 0 Å². The van der Waals surface area contributed by atoms with Gasteiger partial charge in [-0.05, 0) is 6.42 Å². The highest BCUT2D eigenvalue weighted by Crippen LogP contribution is 2.15. The van der Waals surface area contributed by atoms with Crippen molar-refractivity contribution < 1.29 is 15.0 Å². The Morgan fingerprint density at radius 2 is 0.742 bits per heavy atom. The van der Waals surface area contributed by atoms with E-state index in [-0.39, 0.29) is 0 Å². The smallest absolute Gasteiger partial charge is 0.0933 e. The molecule has 0 bridgehead atoms. The Morgan fingerprint density at radius 3 is 0.968 bits per heavy atom.